The largest absolute Gasteiger partial charge is 0.299 e. The lowest BCUT2D eigenvalue weighted by Gasteiger charge is -2.34. The Morgan fingerprint density at radius 3 is 2.50 bits per heavy atom. The fraction of sp³-hybridized carbons (Fsp3) is 0.900. The van der Waals surface area contributed by atoms with E-state index in [1.807, 2.05) is 0 Å². The summed E-state index contributed by atoms with van der Waals surface area (Å²) in [6.45, 7) is 4.57. The number of alkyl halides is 1. The minimum atomic E-state index is 0.0538. The third-order valence-corrected chi connectivity index (χ3v) is 5.67. The fourth-order valence-corrected chi connectivity index (χ4v) is 4.87. The Labute approximate surface area is 87.4 Å². The van der Waals surface area contributed by atoms with E-state index in [4.69, 9.17) is 0 Å². The summed E-state index contributed by atoms with van der Waals surface area (Å²) < 4.78 is 1.02. The summed E-state index contributed by atoms with van der Waals surface area (Å²) in [7, 11) is 0. The Hall–Kier alpha value is 0.400. The summed E-state index contributed by atoms with van der Waals surface area (Å²) >= 11 is 2.39. The van der Waals surface area contributed by atoms with E-state index >= 15 is 0 Å². The van der Waals surface area contributed by atoms with Crippen molar-refractivity contribution < 1.29 is 4.79 Å². The molecule has 0 heterocycles. The molecule has 2 aliphatic rings. The van der Waals surface area contributed by atoms with Crippen molar-refractivity contribution in [3.63, 3.8) is 0 Å². The van der Waals surface area contributed by atoms with Gasteiger partial charge in [-0.15, -0.1) is 0 Å². The molecule has 12 heavy (non-hydrogen) atoms. The lowest BCUT2D eigenvalue weighted by molar-refractivity contribution is -0.127. The van der Waals surface area contributed by atoms with Crippen LogP contribution < -0.4 is 0 Å². The third-order valence-electron chi connectivity index (χ3n) is 4.37. The van der Waals surface area contributed by atoms with Gasteiger partial charge >= 0.3 is 0 Å². The Morgan fingerprint density at radius 2 is 2.25 bits per heavy atom. The van der Waals surface area contributed by atoms with Gasteiger partial charge in [0, 0.05) is 16.3 Å². The second kappa shape index (κ2) is 2.46. The zero-order chi connectivity index (χ0) is 8.98. The molecule has 0 aromatic carbocycles. The van der Waals surface area contributed by atoms with E-state index in [1.165, 1.54) is 6.42 Å². The molecule has 2 bridgehead atoms. The van der Waals surface area contributed by atoms with Crippen LogP contribution in [0.3, 0.4) is 0 Å². The molecule has 0 N–H and O–H groups in total. The highest BCUT2D eigenvalue weighted by molar-refractivity contribution is 14.1. The van der Waals surface area contributed by atoms with Gasteiger partial charge in [-0.2, -0.15) is 0 Å². The summed E-state index contributed by atoms with van der Waals surface area (Å²) in [5, 5.41) is 0. The van der Waals surface area contributed by atoms with E-state index in [0.717, 1.165) is 17.3 Å². The van der Waals surface area contributed by atoms with Crippen molar-refractivity contribution in [1.29, 1.82) is 0 Å². The molecule has 1 nitrogen and oxygen atoms in total. The lowest BCUT2D eigenvalue weighted by atomic mass is 9.70. The van der Waals surface area contributed by atoms with Gasteiger partial charge < -0.3 is 0 Å². The average Bonchev–Trinajstić information content (AvgIpc) is 2.36. The predicted octanol–water partition coefficient (Wildman–Crippen LogP) is 2.82. The van der Waals surface area contributed by atoms with Crippen LogP contribution in [0.2, 0.25) is 0 Å². The van der Waals surface area contributed by atoms with Crippen LogP contribution in [-0.4, -0.2) is 10.2 Å². The molecule has 2 atom stereocenters. The van der Waals surface area contributed by atoms with Gasteiger partial charge in [-0.3, -0.25) is 4.79 Å². The molecule has 0 unspecified atom stereocenters. The number of rotatable bonds is 1. The van der Waals surface area contributed by atoms with E-state index in [2.05, 4.69) is 36.4 Å². The Kier molecular flexibility index (Phi) is 1.84. The summed E-state index contributed by atoms with van der Waals surface area (Å²) in [4.78, 5) is 11.8. The molecule has 0 saturated heterocycles. The van der Waals surface area contributed by atoms with E-state index < -0.39 is 0 Å². The second-order valence-electron chi connectivity index (χ2n) is 4.80. The van der Waals surface area contributed by atoms with Gasteiger partial charge in [0.05, 0.1) is 0 Å². The first-order valence-corrected chi connectivity index (χ1v) is 6.16. The molecule has 0 aromatic rings. The van der Waals surface area contributed by atoms with Crippen LogP contribution in [0.1, 0.15) is 33.1 Å². The summed E-state index contributed by atoms with van der Waals surface area (Å²) in [6.07, 6.45) is 3.28. The maximum atomic E-state index is 11.8. The van der Waals surface area contributed by atoms with Crippen molar-refractivity contribution in [1.82, 2.24) is 0 Å². The number of halogens is 1. The highest BCUT2D eigenvalue weighted by atomic mass is 127. The van der Waals surface area contributed by atoms with Crippen LogP contribution in [0.5, 0.6) is 0 Å². The molecule has 2 saturated carbocycles. The molecule has 0 aromatic heterocycles. The maximum Gasteiger partial charge on any atom is 0.140 e. The third kappa shape index (κ3) is 0.777. The zero-order valence-electron chi connectivity index (χ0n) is 7.69. The number of fused-ring (bicyclic) bond motifs is 2. The van der Waals surface area contributed by atoms with Gasteiger partial charge in [0.25, 0.3) is 0 Å². The van der Waals surface area contributed by atoms with Crippen molar-refractivity contribution in [3.05, 3.63) is 0 Å². The molecule has 0 amide bonds. The van der Waals surface area contributed by atoms with Crippen LogP contribution in [0.15, 0.2) is 0 Å². The van der Waals surface area contributed by atoms with E-state index in [1.54, 1.807) is 0 Å². The molecule has 0 spiro atoms. The summed E-state index contributed by atoms with van der Waals surface area (Å²) in [5.74, 6) is 1.22. The lowest BCUT2D eigenvalue weighted by Crippen LogP contribution is -2.37. The highest BCUT2D eigenvalue weighted by Crippen LogP contribution is 2.64. The Balaban J connectivity index is 2.46. The van der Waals surface area contributed by atoms with Gasteiger partial charge in [-0.05, 0) is 24.2 Å². The molecular formula is C10H15IO. The van der Waals surface area contributed by atoms with Gasteiger partial charge in [0.1, 0.15) is 5.78 Å². The smallest absolute Gasteiger partial charge is 0.140 e. The molecular weight excluding hydrogens is 263 g/mol. The van der Waals surface area contributed by atoms with Crippen molar-refractivity contribution >= 4 is 28.4 Å². The molecule has 2 aliphatic carbocycles. The first-order chi connectivity index (χ1) is 5.54. The van der Waals surface area contributed by atoms with E-state index in [0.29, 0.717) is 11.7 Å². The van der Waals surface area contributed by atoms with Crippen LogP contribution in [0, 0.1) is 16.7 Å². The van der Waals surface area contributed by atoms with Crippen molar-refractivity contribution in [3.8, 4) is 0 Å². The molecule has 68 valence electrons. The number of hydrogen-bond acceptors (Lipinski definition) is 1. The molecule has 2 heteroatoms. The number of Topliss-reactive ketones (excluding diaryl/α,β-unsaturated/α-hetero) is 1. The fourth-order valence-electron chi connectivity index (χ4n) is 3.08. The predicted molar refractivity (Wildman–Crippen MR) is 57.4 cm³/mol. The second-order valence-corrected chi connectivity index (χ2v) is 5.56. The van der Waals surface area contributed by atoms with Gasteiger partial charge in [-0.1, -0.05) is 36.4 Å². The van der Waals surface area contributed by atoms with Crippen LogP contribution in [-0.2, 0) is 4.79 Å². The highest BCUT2D eigenvalue weighted by Gasteiger charge is 2.63. The molecule has 0 radical (unpaired) electrons. The number of ketones is 1. The maximum absolute atomic E-state index is 11.8. The minimum Gasteiger partial charge on any atom is -0.299 e. The van der Waals surface area contributed by atoms with E-state index in [-0.39, 0.29) is 10.8 Å². The van der Waals surface area contributed by atoms with Crippen LogP contribution >= 0.6 is 22.6 Å². The molecule has 2 rings (SSSR count). The number of carbonyl (C=O) groups excluding carboxylic acids is 1. The molecule has 0 aliphatic heterocycles. The number of hydrogen-bond donors (Lipinski definition) is 0. The quantitative estimate of drug-likeness (QED) is 0.532. The zero-order valence-corrected chi connectivity index (χ0v) is 9.85. The average molecular weight is 278 g/mol. The van der Waals surface area contributed by atoms with E-state index in [9.17, 15) is 4.79 Å². The monoisotopic (exact) mass is 278 g/mol. The minimum absolute atomic E-state index is 0.0538. The van der Waals surface area contributed by atoms with Gasteiger partial charge in [0.2, 0.25) is 0 Å². The van der Waals surface area contributed by atoms with Crippen LogP contribution in [0.4, 0.5) is 0 Å². The first-order valence-electron chi connectivity index (χ1n) is 4.64. The summed E-state index contributed by atoms with van der Waals surface area (Å²) in [5.41, 5.74) is 0.337. The van der Waals surface area contributed by atoms with Crippen molar-refractivity contribution in [2.75, 3.05) is 4.43 Å². The van der Waals surface area contributed by atoms with Crippen molar-refractivity contribution in [2.45, 2.75) is 33.1 Å². The number of carbonyl (C=O) groups is 1. The topological polar surface area (TPSA) is 17.1 Å². The normalized spacial score (nSPS) is 43.9. The Bertz CT molecular complexity index is 234. The molecule has 2 fully saturated rings. The standard InChI is InChI=1S/C10H15IO/c1-9(2)7-3-4-10(9,6-11)8(12)5-7/h7H,3-6H2,1-2H3/t7-,10-/m1/s1. The Morgan fingerprint density at radius 1 is 1.58 bits per heavy atom. The SMILES string of the molecule is CC1(C)[C@@H]2CC[C@@]1(CI)C(=O)C2. The summed E-state index contributed by atoms with van der Waals surface area (Å²) in [6, 6.07) is 0. The van der Waals surface area contributed by atoms with Gasteiger partial charge in [-0.25, -0.2) is 0 Å². The van der Waals surface area contributed by atoms with Gasteiger partial charge in [0.15, 0.2) is 0 Å². The first kappa shape index (κ1) is 8.97. The van der Waals surface area contributed by atoms with Crippen LogP contribution in [0.25, 0.3) is 0 Å². The van der Waals surface area contributed by atoms with Crippen molar-refractivity contribution in [2.24, 2.45) is 16.7 Å².